The maximum atomic E-state index is 10.9. The number of hydrogen-bond acceptors (Lipinski definition) is 2. The summed E-state index contributed by atoms with van der Waals surface area (Å²) in [6.07, 6.45) is 0. The largest absolute Gasteiger partial charge is 0.423 e. The summed E-state index contributed by atoms with van der Waals surface area (Å²) >= 11 is 11.5. The summed E-state index contributed by atoms with van der Waals surface area (Å²) in [5.41, 5.74) is -0.0650. The first kappa shape index (κ1) is 8.60. The summed E-state index contributed by atoms with van der Waals surface area (Å²) in [4.78, 5) is 10.9. The van der Waals surface area contributed by atoms with E-state index in [1.807, 2.05) is 0 Å². The molecule has 1 heterocycles. The maximum absolute atomic E-state index is 10.9. The van der Waals surface area contributed by atoms with Crippen LogP contribution < -0.4 is 5.63 Å². The van der Waals surface area contributed by atoms with Crippen LogP contribution in [-0.2, 0) is 0 Å². The summed E-state index contributed by atoms with van der Waals surface area (Å²) in [7, 11) is 0. The third-order valence-electron chi connectivity index (χ3n) is 1.66. The van der Waals surface area contributed by atoms with Gasteiger partial charge >= 0.3 is 5.63 Å². The Morgan fingerprint density at radius 3 is 2.69 bits per heavy atom. The zero-order valence-electron chi connectivity index (χ0n) is 6.38. The van der Waals surface area contributed by atoms with Crippen molar-refractivity contribution in [2.24, 2.45) is 0 Å². The molecule has 2 aromatic rings. The van der Waals surface area contributed by atoms with Crippen molar-refractivity contribution in [2.75, 3.05) is 0 Å². The van der Waals surface area contributed by atoms with E-state index in [-0.39, 0.29) is 0 Å². The van der Waals surface area contributed by atoms with Crippen LogP contribution in [0.15, 0.2) is 33.5 Å². The van der Waals surface area contributed by atoms with Gasteiger partial charge in [0.05, 0.1) is 5.02 Å². The van der Waals surface area contributed by atoms with Crippen LogP contribution in [0, 0.1) is 0 Å². The lowest BCUT2D eigenvalue weighted by Gasteiger charge is -1.97. The highest BCUT2D eigenvalue weighted by Gasteiger charge is 2.03. The molecule has 0 saturated heterocycles. The molecule has 0 aliphatic rings. The highest BCUT2D eigenvalue weighted by molar-refractivity contribution is 6.36. The fourth-order valence-corrected chi connectivity index (χ4v) is 1.50. The van der Waals surface area contributed by atoms with Gasteiger partial charge in [-0.15, -0.1) is 0 Å². The molecule has 0 atom stereocenters. The van der Waals surface area contributed by atoms with Crippen molar-refractivity contribution < 1.29 is 4.42 Å². The molecule has 1 aromatic carbocycles. The average molecular weight is 215 g/mol. The first-order valence-electron chi connectivity index (χ1n) is 3.56. The van der Waals surface area contributed by atoms with E-state index < -0.39 is 5.63 Å². The second-order valence-corrected chi connectivity index (χ2v) is 3.40. The average Bonchev–Trinajstić information content (AvgIpc) is 2.02. The zero-order valence-corrected chi connectivity index (χ0v) is 7.89. The lowest BCUT2D eigenvalue weighted by Crippen LogP contribution is -1.95. The number of rotatable bonds is 0. The predicted molar refractivity (Wildman–Crippen MR) is 52.5 cm³/mol. The molecule has 1 aromatic heterocycles. The van der Waals surface area contributed by atoms with Crippen molar-refractivity contribution in [3.63, 3.8) is 0 Å². The summed E-state index contributed by atoms with van der Waals surface area (Å²) in [6, 6.07) is 6.20. The van der Waals surface area contributed by atoms with Crippen molar-refractivity contribution in [3.8, 4) is 0 Å². The Hall–Kier alpha value is -0.990. The van der Waals surface area contributed by atoms with E-state index in [0.29, 0.717) is 21.0 Å². The van der Waals surface area contributed by atoms with E-state index in [1.54, 1.807) is 18.2 Å². The van der Waals surface area contributed by atoms with Gasteiger partial charge in [-0.05, 0) is 12.1 Å². The quantitative estimate of drug-likeness (QED) is 0.632. The van der Waals surface area contributed by atoms with E-state index >= 15 is 0 Å². The van der Waals surface area contributed by atoms with Crippen LogP contribution in [-0.4, -0.2) is 0 Å². The minimum absolute atomic E-state index is 0.378. The molecule has 66 valence electrons. The molecule has 4 heteroatoms. The number of hydrogen-bond donors (Lipinski definition) is 0. The highest BCUT2D eigenvalue weighted by atomic mass is 35.5. The third kappa shape index (κ3) is 1.55. The monoisotopic (exact) mass is 214 g/mol. The minimum Gasteiger partial charge on any atom is -0.423 e. The Labute approximate surface area is 83.7 Å². The minimum atomic E-state index is -0.472. The summed E-state index contributed by atoms with van der Waals surface area (Å²) < 4.78 is 4.90. The number of benzene rings is 1. The second kappa shape index (κ2) is 3.05. The lowest BCUT2D eigenvalue weighted by atomic mass is 10.2. The molecule has 0 radical (unpaired) electrons. The molecule has 0 saturated carbocycles. The molecule has 0 fully saturated rings. The molecule has 0 spiro atoms. The predicted octanol–water partition coefficient (Wildman–Crippen LogP) is 3.10. The van der Waals surface area contributed by atoms with Gasteiger partial charge in [0.2, 0.25) is 0 Å². The topological polar surface area (TPSA) is 30.2 Å². The van der Waals surface area contributed by atoms with Crippen LogP contribution in [0.25, 0.3) is 11.0 Å². The van der Waals surface area contributed by atoms with Gasteiger partial charge in [-0.2, -0.15) is 0 Å². The van der Waals surface area contributed by atoms with Crippen LogP contribution in [0.4, 0.5) is 0 Å². The van der Waals surface area contributed by atoms with Gasteiger partial charge in [0, 0.05) is 22.5 Å². The Morgan fingerprint density at radius 1 is 1.15 bits per heavy atom. The van der Waals surface area contributed by atoms with Crippen molar-refractivity contribution in [2.45, 2.75) is 0 Å². The van der Waals surface area contributed by atoms with Gasteiger partial charge in [0.25, 0.3) is 0 Å². The van der Waals surface area contributed by atoms with Crippen molar-refractivity contribution in [3.05, 3.63) is 44.7 Å². The van der Waals surface area contributed by atoms with Gasteiger partial charge < -0.3 is 4.42 Å². The molecular formula is C9H4Cl2O2. The normalized spacial score (nSPS) is 10.6. The van der Waals surface area contributed by atoms with Crippen LogP contribution in [0.1, 0.15) is 0 Å². The lowest BCUT2D eigenvalue weighted by molar-refractivity contribution is 0.561. The van der Waals surface area contributed by atoms with Crippen LogP contribution in [0.5, 0.6) is 0 Å². The zero-order chi connectivity index (χ0) is 9.42. The SMILES string of the molecule is O=c1cc(Cl)c2ccc(Cl)cc2o1. The van der Waals surface area contributed by atoms with Gasteiger partial charge in [-0.25, -0.2) is 4.79 Å². The Kier molecular flexibility index (Phi) is 2.02. The number of halogens is 2. The van der Waals surface area contributed by atoms with Crippen LogP contribution in [0.3, 0.4) is 0 Å². The van der Waals surface area contributed by atoms with Crippen molar-refractivity contribution in [1.82, 2.24) is 0 Å². The fraction of sp³-hybridized carbons (Fsp3) is 0. The molecule has 0 unspecified atom stereocenters. The molecule has 0 aliphatic carbocycles. The first-order valence-corrected chi connectivity index (χ1v) is 4.31. The Balaban J connectivity index is 2.94. The standard InChI is InChI=1S/C9H4Cl2O2/c10-5-1-2-6-7(11)4-9(12)13-8(6)3-5/h1-4H. The maximum Gasteiger partial charge on any atom is 0.337 e. The fourth-order valence-electron chi connectivity index (χ4n) is 1.10. The second-order valence-electron chi connectivity index (χ2n) is 2.55. The smallest absolute Gasteiger partial charge is 0.337 e. The summed E-state index contributed by atoms with van der Waals surface area (Å²) in [6.45, 7) is 0. The molecule has 2 nitrogen and oxygen atoms in total. The molecule has 0 N–H and O–H groups in total. The van der Waals surface area contributed by atoms with E-state index in [1.165, 1.54) is 6.07 Å². The third-order valence-corrected chi connectivity index (χ3v) is 2.20. The van der Waals surface area contributed by atoms with Crippen LogP contribution in [0.2, 0.25) is 10.0 Å². The molecule has 0 bridgehead atoms. The Morgan fingerprint density at radius 2 is 1.92 bits per heavy atom. The molecule has 0 aliphatic heterocycles. The van der Waals surface area contributed by atoms with E-state index in [2.05, 4.69) is 0 Å². The number of fused-ring (bicyclic) bond motifs is 1. The molecular weight excluding hydrogens is 211 g/mol. The molecule has 0 amide bonds. The van der Waals surface area contributed by atoms with Crippen molar-refractivity contribution >= 4 is 34.2 Å². The van der Waals surface area contributed by atoms with Gasteiger partial charge in [-0.1, -0.05) is 23.2 Å². The summed E-state index contributed by atoms with van der Waals surface area (Å²) in [5, 5.41) is 1.58. The van der Waals surface area contributed by atoms with Crippen molar-refractivity contribution in [1.29, 1.82) is 0 Å². The van der Waals surface area contributed by atoms with E-state index in [9.17, 15) is 4.79 Å². The van der Waals surface area contributed by atoms with Gasteiger partial charge in [0.1, 0.15) is 5.58 Å². The van der Waals surface area contributed by atoms with Gasteiger partial charge in [0.15, 0.2) is 0 Å². The highest BCUT2D eigenvalue weighted by Crippen LogP contribution is 2.23. The molecule has 13 heavy (non-hydrogen) atoms. The first-order chi connectivity index (χ1) is 6.16. The van der Waals surface area contributed by atoms with Crippen LogP contribution >= 0.6 is 23.2 Å². The molecule has 2 rings (SSSR count). The van der Waals surface area contributed by atoms with E-state index in [4.69, 9.17) is 27.6 Å². The Bertz CT molecular complexity index is 516. The van der Waals surface area contributed by atoms with Gasteiger partial charge in [-0.3, -0.25) is 0 Å². The summed E-state index contributed by atoms with van der Waals surface area (Å²) in [5.74, 6) is 0. The van der Waals surface area contributed by atoms with E-state index in [0.717, 1.165) is 0 Å².